The van der Waals surface area contributed by atoms with Gasteiger partial charge < -0.3 is 10.2 Å². The zero-order chi connectivity index (χ0) is 20.5. The number of ketones is 1. The molecule has 1 fully saturated rings. The Bertz CT molecular complexity index is 1110. The standard InChI is InChI=1S/C21H14ClN3O4/c22-14-6-2-13(3-7-14)18(27)16-17(12-4-8-15(26)9-5-12)25(20(29)19(16)28)21-23-10-1-11-24-21/h1-11,17,26-27H/t17-/m0/s1. The molecule has 7 nitrogen and oxygen atoms in total. The number of benzene rings is 2. The molecule has 1 amide bonds. The van der Waals surface area contributed by atoms with E-state index in [1.165, 1.54) is 24.5 Å². The Kier molecular flexibility index (Phi) is 4.74. The minimum atomic E-state index is -0.964. The van der Waals surface area contributed by atoms with Gasteiger partial charge in [-0.25, -0.2) is 9.97 Å². The van der Waals surface area contributed by atoms with Gasteiger partial charge in [-0.2, -0.15) is 0 Å². The molecule has 2 heterocycles. The molecule has 1 saturated heterocycles. The summed E-state index contributed by atoms with van der Waals surface area (Å²) in [6.45, 7) is 0. The molecule has 144 valence electrons. The summed E-state index contributed by atoms with van der Waals surface area (Å²) in [6, 6.07) is 12.9. The fourth-order valence-corrected chi connectivity index (χ4v) is 3.32. The number of carbonyl (C=O) groups is 2. The minimum Gasteiger partial charge on any atom is -0.508 e. The lowest BCUT2D eigenvalue weighted by molar-refractivity contribution is -0.132. The number of anilines is 1. The van der Waals surface area contributed by atoms with Gasteiger partial charge in [0.1, 0.15) is 11.5 Å². The van der Waals surface area contributed by atoms with E-state index in [1.54, 1.807) is 42.5 Å². The van der Waals surface area contributed by atoms with Gasteiger partial charge in [0, 0.05) is 23.0 Å². The van der Waals surface area contributed by atoms with E-state index in [0.29, 0.717) is 16.1 Å². The van der Waals surface area contributed by atoms with Gasteiger partial charge in [0.05, 0.1) is 11.6 Å². The summed E-state index contributed by atoms with van der Waals surface area (Å²) in [6.07, 6.45) is 2.91. The number of hydrogen-bond acceptors (Lipinski definition) is 6. The molecule has 3 aromatic rings. The Morgan fingerprint density at radius 3 is 2.21 bits per heavy atom. The maximum atomic E-state index is 12.9. The van der Waals surface area contributed by atoms with Crippen LogP contribution in [0.2, 0.25) is 5.02 Å². The van der Waals surface area contributed by atoms with Crippen LogP contribution in [0.3, 0.4) is 0 Å². The molecule has 0 bridgehead atoms. The Balaban J connectivity index is 1.94. The van der Waals surface area contributed by atoms with Crippen LogP contribution in [0.4, 0.5) is 5.95 Å². The van der Waals surface area contributed by atoms with Crippen LogP contribution in [0, 0.1) is 0 Å². The Hall–Kier alpha value is -3.71. The lowest BCUT2D eigenvalue weighted by Gasteiger charge is -2.23. The summed E-state index contributed by atoms with van der Waals surface area (Å²) < 4.78 is 0. The predicted molar refractivity (Wildman–Crippen MR) is 106 cm³/mol. The van der Waals surface area contributed by atoms with Gasteiger partial charge in [-0.3, -0.25) is 14.5 Å². The predicted octanol–water partition coefficient (Wildman–Crippen LogP) is 3.46. The van der Waals surface area contributed by atoms with Crippen LogP contribution >= 0.6 is 11.6 Å². The first-order chi connectivity index (χ1) is 14.0. The van der Waals surface area contributed by atoms with Crippen LogP contribution in [0.5, 0.6) is 5.75 Å². The Morgan fingerprint density at radius 1 is 0.966 bits per heavy atom. The van der Waals surface area contributed by atoms with E-state index >= 15 is 0 Å². The smallest absolute Gasteiger partial charge is 0.302 e. The van der Waals surface area contributed by atoms with Gasteiger partial charge in [-0.1, -0.05) is 23.7 Å². The molecule has 4 rings (SSSR count). The van der Waals surface area contributed by atoms with Gasteiger partial charge in [0.15, 0.2) is 0 Å². The number of phenolic OH excluding ortho intramolecular Hbond substituents is 1. The summed E-state index contributed by atoms with van der Waals surface area (Å²) in [7, 11) is 0. The quantitative estimate of drug-likeness (QED) is 0.391. The number of halogens is 1. The van der Waals surface area contributed by atoms with E-state index < -0.39 is 17.7 Å². The van der Waals surface area contributed by atoms with Crippen LogP contribution in [0.25, 0.3) is 5.76 Å². The van der Waals surface area contributed by atoms with Crippen molar-refractivity contribution in [2.75, 3.05) is 4.90 Å². The van der Waals surface area contributed by atoms with Crippen LogP contribution in [-0.2, 0) is 9.59 Å². The number of rotatable bonds is 3. The van der Waals surface area contributed by atoms with Crippen molar-refractivity contribution in [3.8, 4) is 5.75 Å². The normalized spacial score (nSPS) is 18.2. The molecule has 1 aromatic heterocycles. The highest BCUT2D eigenvalue weighted by Gasteiger charge is 2.48. The largest absolute Gasteiger partial charge is 0.508 e. The van der Waals surface area contributed by atoms with Gasteiger partial charge in [-0.05, 0) is 48.0 Å². The summed E-state index contributed by atoms with van der Waals surface area (Å²) in [5.41, 5.74) is 0.741. The first-order valence-electron chi connectivity index (χ1n) is 8.60. The number of Topliss-reactive ketones (excluding diaryl/α,β-unsaturated/α-hetero) is 1. The molecule has 8 heteroatoms. The van der Waals surface area contributed by atoms with E-state index in [0.717, 1.165) is 4.90 Å². The summed E-state index contributed by atoms with van der Waals surface area (Å²) in [4.78, 5) is 35.0. The fraction of sp³-hybridized carbons (Fsp3) is 0.0476. The van der Waals surface area contributed by atoms with Crippen LogP contribution < -0.4 is 4.90 Å². The van der Waals surface area contributed by atoms with Gasteiger partial charge in [0.25, 0.3) is 5.78 Å². The summed E-state index contributed by atoms with van der Waals surface area (Å²) in [5.74, 6) is -1.99. The van der Waals surface area contributed by atoms with E-state index in [1.807, 2.05) is 0 Å². The molecule has 1 atom stereocenters. The molecule has 0 spiro atoms. The van der Waals surface area contributed by atoms with Crippen molar-refractivity contribution in [1.82, 2.24) is 9.97 Å². The monoisotopic (exact) mass is 407 g/mol. The number of aromatic hydroxyl groups is 1. The van der Waals surface area contributed by atoms with Crippen molar-refractivity contribution in [3.63, 3.8) is 0 Å². The highest BCUT2D eigenvalue weighted by atomic mass is 35.5. The van der Waals surface area contributed by atoms with Crippen molar-refractivity contribution >= 4 is 35.0 Å². The molecule has 1 aliphatic heterocycles. The number of hydrogen-bond donors (Lipinski definition) is 2. The van der Waals surface area contributed by atoms with Crippen molar-refractivity contribution in [1.29, 1.82) is 0 Å². The molecule has 0 radical (unpaired) electrons. The maximum Gasteiger partial charge on any atom is 0.302 e. The van der Waals surface area contributed by atoms with Crippen LogP contribution in [0.1, 0.15) is 17.2 Å². The van der Waals surface area contributed by atoms with Crippen molar-refractivity contribution in [2.24, 2.45) is 0 Å². The van der Waals surface area contributed by atoms with Crippen molar-refractivity contribution < 1.29 is 19.8 Å². The molecule has 29 heavy (non-hydrogen) atoms. The summed E-state index contributed by atoms with van der Waals surface area (Å²) in [5, 5.41) is 21.0. The highest BCUT2D eigenvalue weighted by molar-refractivity contribution is 6.51. The lowest BCUT2D eigenvalue weighted by Crippen LogP contribution is -2.31. The van der Waals surface area contributed by atoms with E-state index in [4.69, 9.17) is 11.6 Å². The number of aliphatic hydroxyl groups is 1. The lowest BCUT2D eigenvalue weighted by atomic mass is 9.95. The topological polar surface area (TPSA) is 104 Å². The molecule has 1 aliphatic rings. The number of amides is 1. The minimum absolute atomic E-state index is 0.0272. The second kappa shape index (κ2) is 7.37. The molecule has 0 unspecified atom stereocenters. The van der Waals surface area contributed by atoms with Crippen LogP contribution in [-0.4, -0.2) is 31.9 Å². The first-order valence-corrected chi connectivity index (χ1v) is 8.98. The van der Waals surface area contributed by atoms with Gasteiger partial charge in [-0.15, -0.1) is 0 Å². The van der Waals surface area contributed by atoms with Crippen LogP contribution in [0.15, 0.2) is 72.6 Å². The average Bonchev–Trinajstić information content (AvgIpc) is 3.00. The molecular weight excluding hydrogens is 394 g/mol. The first kappa shape index (κ1) is 18.6. The molecule has 2 N–H and O–H groups in total. The molecular formula is C21H14ClN3O4. The molecule has 0 saturated carbocycles. The van der Waals surface area contributed by atoms with Crippen molar-refractivity contribution in [2.45, 2.75) is 6.04 Å². The zero-order valence-corrected chi connectivity index (χ0v) is 15.6. The third-order valence-corrected chi connectivity index (χ3v) is 4.79. The van der Waals surface area contributed by atoms with E-state index in [-0.39, 0.29) is 23.0 Å². The number of phenols is 1. The third kappa shape index (κ3) is 3.32. The average molecular weight is 408 g/mol. The van der Waals surface area contributed by atoms with Gasteiger partial charge >= 0.3 is 5.91 Å². The van der Waals surface area contributed by atoms with E-state index in [9.17, 15) is 19.8 Å². The van der Waals surface area contributed by atoms with Crippen molar-refractivity contribution in [3.05, 3.63) is 88.7 Å². The third-order valence-electron chi connectivity index (χ3n) is 4.54. The Morgan fingerprint density at radius 2 is 1.59 bits per heavy atom. The second-order valence-corrected chi connectivity index (χ2v) is 6.75. The number of aromatic nitrogens is 2. The SMILES string of the molecule is O=C1C(=O)N(c2ncccn2)[C@@H](c2ccc(O)cc2)C1=C(O)c1ccc(Cl)cc1. The van der Waals surface area contributed by atoms with Gasteiger partial charge in [0.2, 0.25) is 5.95 Å². The number of carbonyl (C=O) groups excluding carboxylic acids is 2. The highest BCUT2D eigenvalue weighted by Crippen LogP contribution is 2.41. The maximum absolute atomic E-state index is 12.9. The summed E-state index contributed by atoms with van der Waals surface area (Å²) >= 11 is 5.90. The van der Waals surface area contributed by atoms with E-state index in [2.05, 4.69) is 9.97 Å². The second-order valence-electron chi connectivity index (χ2n) is 6.32. The molecule has 0 aliphatic carbocycles. The Labute approximate surface area is 170 Å². The molecule has 2 aromatic carbocycles. The zero-order valence-electron chi connectivity index (χ0n) is 14.9. The number of aliphatic hydroxyl groups excluding tert-OH is 1. The fourth-order valence-electron chi connectivity index (χ4n) is 3.19. The number of nitrogens with zero attached hydrogens (tertiary/aromatic N) is 3.